The number of carbonyl (C=O) groups excluding carboxylic acids is 1. The molecule has 2 aliphatic rings. The van der Waals surface area contributed by atoms with Gasteiger partial charge in [0.15, 0.2) is 0 Å². The zero-order valence-corrected chi connectivity index (χ0v) is 16.5. The maximum absolute atomic E-state index is 12.7. The summed E-state index contributed by atoms with van der Waals surface area (Å²) in [6.45, 7) is 4.83. The van der Waals surface area contributed by atoms with E-state index in [2.05, 4.69) is 50.5 Å². The molecule has 0 radical (unpaired) electrons. The number of carbonyl (C=O) groups is 1. The molecule has 1 unspecified atom stereocenters. The van der Waals surface area contributed by atoms with Gasteiger partial charge >= 0.3 is 6.03 Å². The van der Waals surface area contributed by atoms with Gasteiger partial charge in [-0.2, -0.15) is 0 Å². The van der Waals surface area contributed by atoms with Crippen molar-refractivity contribution in [3.63, 3.8) is 0 Å². The van der Waals surface area contributed by atoms with Crippen molar-refractivity contribution in [1.29, 1.82) is 0 Å². The van der Waals surface area contributed by atoms with Crippen molar-refractivity contribution in [2.24, 2.45) is 0 Å². The van der Waals surface area contributed by atoms with Gasteiger partial charge in [0.25, 0.3) is 0 Å². The Bertz CT molecular complexity index is 725. The van der Waals surface area contributed by atoms with Crippen molar-refractivity contribution in [2.75, 3.05) is 32.7 Å². The standard InChI is InChI=1S/C22H31N5O/c28-22(27-13-4-7-19(17-27)21-23-11-12-24-21)25-20-9-15-26(16-10-20)14-8-18-5-2-1-3-6-18/h1-3,5-6,11-12,19-20H,4,7-10,13-17H2,(H,23,24)(H,25,28). The van der Waals surface area contributed by atoms with E-state index in [-0.39, 0.29) is 6.03 Å². The quantitative estimate of drug-likeness (QED) is 0.837. The van der Waals surface area contributed by atoms with Gasteiger partial charge in [0.1, 0.15) is 5.82 Å². The van der Waals surface area contributed by atoms with E-state index in [0.717, 1.165) is 70.7 Å². The molecular weight excluding hydrogens is 350 g/mol. The van der Waals surface area contributed by atoms with Gasteiger partial charge in [0.2, 0.25) is 0 Å². The number of aromatic amines is 1. The number of benzene rings is 1. The van der Waals surface area contributed by atoms with Crippen LogP contribution in [0.1, 0.15) is 43.0 Å². The van der Waals surface area contributed by atoms with Crippen molar-refractivity contribution in [3.8, 4) is 0 Å². The minimum absolute atomic E-state index is 0.0963. The molecule has 0 spiro atoms. The highest BCUT2D eigenvalue weighted by atomic mass is 16.2. The third-order valence-corrected chi connectivity index (χ3v) is 6.09. The molecule has 2 N–H and O–H groups in total. The van der Waals surface area contributed by atoms with Gasteiger partial charge in [-0.15, -0.1) is 0 Å². The maximum Gasteiger partial charge on any atom is 0.317 e. The van der Waals surface area contributed by atoms with E-state index in [1.54, 1.807) is 6.20 Å². The molecule has 2 fully saturated rings. The molecule has 6 nitrogen and oxygen atoms in total. The predicted octanol–water partition coefficient (Wildman–Crippen LogP) is 3.01. The highest BCUT2D eigenvalue weighted by Crippen LogP contribution is 2.24. The lowest BCUT2D eigenvalue weighted by atomic mass is 9.97. The topological polar surface area (TPSA) is 64.3 Å². The Morgan fingerprint density at radius 1 is 1.14 bits per heavy atom. The lowest BCUT2D eigenvalue weighted by Gasteiger charge is -2.36. The maximum atomic E-state index is 12.7. The van der Waals surface area contributed by atoms with Gasteiger partial charge in [-0.25, -0.2) is 9.78 Å². The smallest absolute Gasteiger partial charge is 0.317 e. The van der Waals surface area contributed by atoms with E-state index < -0.39 is 0 Å². The van der Waals surface area contributed by atoms with Crippen LogP contribution < -0.4 is 5.32 Å². The lowest BCUT2D eigenvalue weighted by Crippen LogP contribution is -2.51. The summed E-state index contributed by atoms with van der Waals surface area (Å²) in [6, 6.07) is 11.1. The first-order valence-corrected chi connectivity index (χ1v) is 10.6. The number of rotatable bonds is 5. The first-order chi connectivity index (χ1) is 13.8. The van der Waals surface area contributed by atoms with Gasteiger partial charge < -0.3 is 20.1 Å². The molecule has 6 heteroatoms. The predicted molar refractivity (Wildman–Crippen MR) is 110 cm³/mol. The van der Waals surface area contributed by atoms with Crippen molar-refractivity contribution < 1.29 is 4.79 Å². The molecule has 4 rings (SSSR count). The Hall–Kier alpha value is -2.34. The summed E-state index contributed by atoms with van der Waals surface area (Å²) in [4.78, 5) is 24.8. The molecule has 28 heavy (non-hydrogen) atoms. The second-order valence-corrected chi connectivity index (χ2v) is 8.06. The second-order valence-electron chi connectivity index (χ2n) is 8.06. The molecule has 1 atom stereocenters. The Morgan fingerprint density at radius 3 is 2.71 bits per heavy atom. The number of urea groups is 1. The van der Waals surface area contributed by atoms with Crippen molar-refractivity contribution in [1.82, 2.24) is 25.1 Å². The summed E-state index contributed by atoms with van der Waals surface area (Å²) in [5, 5.41) is 3.28. The Kier molecular flexibility index (Phi) is 6.27. The van der Waals surface area contributed by atoms with Crippen molar-refractivity contribution in [2.45, 2.75) is 44.1 Å². The van der Waals surface area contributed by atoms with Crippen molar-refractivity contribution >= 4 is 6.03 Å². The summed E-state index contributed by atoms with van der Waals surface area (Å²) in [7, 11) is 0. The van der Waals surface area contributed by atoms with Gasteiger partial charge in [-0.3, -0.25) is 0 Å². The van der Waals surface area contributed by atoms with Crippen LogP contribution in [0, 0.1) is 0 Å². The summed E-state index contributed by atoms with van der Waals surface area (Å²) in [5.74, 6) is 1.33. The van der Waals surface area contributed by atoms with E-state index in [0.29, 0.717) is 12.0 Å². The average Bonchev–Trinajstić information content (AvgIpc) is 3.29. The first kappa shape index (κ1) is 19.0. The van der Waals surface area contributed by atoms with E-state index >= 15 is 0 Å². The Balaban J connectivity index is 1.19. The van der Waals surface area contributed by atoms with E-state index in [9.17, 15) is 4.79 Å². The number of nitrogens with zero attached hydrogens (tertiary/aromatic N) is 3. The van der Waals surface area contributed by atoms with Crippen LogP contribution >= 0.6 is 0 Å². The summed E-state index contributed by atoms with van der Waals surface area (Å²) < 4.78 is 0. The van der Waals surface area contributed by atoms with Crippen LogP contribution in [0.2, 0.25) is 0 Å². The van der Waals surface area contributed by atoms with E-state index in [1.807, 2.05) is 11.1 Å². The van der Waals surface area contributed by atoms with Crippen LogP contribution in [0.25, 0.3) is 0 Å². The fraction of sp³-hybridized carbons (Fsp3) is 0.545. The highest BCUT2D eigenvalue weighted by molar-refractivity contribution is 5.74. The molecule has 0 aliphatic carbocycles. The fourth-order valence-electron chi connectivity index (χ4n) is 4.38. The third kappa shape index (κ3) is 4.93. The minimum Gasteiger partial charge on any atom is -0.348 e. The second kappa shape index (κ2) is 9.24. The SMILES string of the molecule is O=C(NC1CCN(CCc2ccccc2)CC1)N1CCCC(c2ncc[nH]2)C1. The average molecular weight is 382 g/mol. The summed E-state index contributed by atoms with van der Waals surface area (Å²) in [6.07, 6.45) is 8.96. The Morgan fingerprint density at radius 2 is 1.96 bits per heavy atom. The number of likely N-dealkylation sites (tertiary alicyclic amines) is 2. The van der Waals surface area contributed by atoms with Crippen LogP contribution in [0.5, 0.6) is 0 Å². The van der Waals surface area contributed by atoms with Crippen LogP contribution in [0.4, 0.5) is 4.79 Å². The summed E-state index contributed by atoms with van der Waals surface area (Å²) in [5.41, 5.74) is 1.40. The van der Waals surface area contributed by atoms with E-state index in [4.69, 9.17) is 0 Å². The van der Waals surface area contributed by atoms with Crippen LogP contribution in [-0.4, -0.2) is 64.6 Å². The summed E-state index contributed by atoms with van der Waals surface area (Å²) >= 11 is 0. The number of imidazole rings is 1. The molecule has 3 heterocycles. The molecule has 0 bridgehead atoms. The third-order valence-electron chi connectivity index (χ3n) is 6.09. The fourth-order valence-corrected chi connectivity index (χ4v) is 4.38. The molecule has 2 amide bonds. The molecule has 0 saturated carbocycles. The molecule has 150 valence electrons. The van der Waals surface area contributed by atoms with Crippen LogP contribution in [0.15, 0.2) is 42.7 Å². The van der Waals surface area contributed by atoms with Crippen LogP contribution in [0.3, 0.4) is 0 Å². The lowest BCUT2D eigenvalue weighted by molar-refractivity contribution is 0.160. The zero-order chi connectivity index (χ0) is 19.2. The number of hydrogen-bond acceptors (Lipinski definition) is 3. The minimum atomic E-state index is 0.0963. The number of piperidine rings is 2. The van der Waals surface area contributed by atoms with E-state index in [1.165, 1.54) is 5.56 Å². The Labute approximate surface area is 167 Å². The zero-order valence-electron chi connectivity index (χ0n) is 16.5. The monoisotopic (exact) mass is 381 g/mol. The molecule has 2 aromatic rings. The van der Waals surface area contributed by atoms with Gasteiger partial charge in [-0.05, 0) is 37.7 Å². The number of hydrogen-bond donors (Lipinski definition) is 2. The molecule has 2 aliphatic heterocycles. The number of amides is 2. The molecule has 2 saturated heterocycles. The molecule has 1 aromatic carbocycles. The van der Waals surface area contributed by atoms with Crippen molar-refractivity contribution in [3.05, 3.63) is 54.1 Å². The molecular formula is C22H31N5O. The first-order valence-electron chi connectivity index (χ1n) is 10.6. The highest BCUT2D eigenvalue weighted by Gasteiger charge is 2.28. The normalized spacial score (nSPS) is 21.6. The van der Waals surface area contributed by atoms with Gasteiger partial charge in [0.05, 0.1) is 0 Å². The van der Waals surface area contributed by atoms with Crippen LogP contribution in [-0.2, 0) is 6.42 Å². The van der Waals surface area contributed by atoms with Gasteiger partial charge in [0, 0.05) is 57.1 Å². The molecule has 1 aromatic heterocycles. The number of nitrogens with one attached hydrogen (secondary N) is 2. The number of H-pyrrole nitrogens is 1. The largest absolute Gasteiger partial charge is 0.348 e. The number of aromatic nitrogens is 2. The van der Waals surface area contributed by atoms with Gasteiger partial charge in [-0.1, -0.05) is 30.3 Å².